The summed E-state index contributed by atoms with van der Waals surface area (Å²) in [6.45, 7) is 3.18. The van der Waals surface area contributed by atoms with E-state index in [1.807, 2.05) is 73.8 Å². The summed E-state index contributed by atoms with van der Waals surface area (Å²) < 4.78 is 12.6. The molecule has 0 bridgehead atoms. The molecule has 6 rings (SSSR count). The van der Waals surface area contributed by atoms with Crippen molar-refractivity contribution in [2.75, 3.05) is 6.61 Å². The number of para-hydroxylation sites is 2. The third-order valence-electron chi connectivity index (χ3n) is 6.51. The van der Waals surface area contributed by atoms with Crippen molar-refractivity contribution in [2.45, 2.75) is 19.2 Å². The molecule has 0 spiro atoms. The molecule has 0 saturated heterocycles. The Morgan fingerprint density at radius 1 is 1.03 bits per heavy atom. The van der Waals surface area contributed by atoms with E-state index in [1.54, 1.807) is 11.0 Å². The van der Waals surface area contributed by atoms with Crippen molar-refractivity contribution in [1.29, 1.82) is 5.41 Å². The molecule has 1 N–H and O–H groups in total. The van der Waals surface area contributed by atoms with Gasteiger partial charge in [0.25, 0.3) is 5.91 Å². The van der Waals surface area contributed by atoms with Crippen molar-refractivity contribution >= 4 is 62.8 Å². The number of hydrogen-bond acceptors (Lipinski definition) is 6. The number of amides is 1. The lowest BCUT2D eigenvalue weighted by molar-refractivity contribution is -0.114. The van der Waals surface area contributed by atoms with Crippen LogP contribution in [0.15, 0.2) is 100 Å². The van der Waals surface area contributed by atoms with E-state index in [0.717, 1.165) is 45.3 Å². The lowest BCUT2D eigenvalue weighted by Crippen LogP contribution is -2.41. The maximum atomic E-state index is 13.0. The highest BCUT2D eigenvalue weighted by Gasteiger charge is 2.37. The fourth-order valence-electron chi connectivity index (χ4n) is 4.52. The highest BCUT2D eigenvalue weighted by atomic mass is 32.2. The fraction of sp³-hybridized carbons (Fsp3) is 0.133. The van der Waals surface area contributed by atoms with E-state index < -0.39 is 5.91 Å². The van der Waals surface area contributed by atoms with Gasteiger partial charge in [-0.3, -0.25) is 10.2 Å². The molecule has 0 fully saturated rings. The van der Waals surface area contributed by atoms with Crippen LogP contribution in [0.2, 0.25) is 0 Å². The summed E-state index contributed by atoms with van der Waals surface area (Å²) in [5, 5.41) is 11.0. The minimum absolute atomic E-state index is 0.0917. The number of carbonyl (C=O) groups excluding carboxylic acids is 1. The van der Waals surface area contributed by atoms with Crippen molar-refractivity contribution in [3.63, 3.8) is 0 Å². The van der Waals surface area contributed by atoms with Gasteiger partial charge in [0.1, 0.15) is 18.2 Å². The van der Waals surface area contributed by atoms with E-state index in [0.29, 0.717) is 29.2 Å². The lowest BCUT2D eigenvalue weighted by atomic mass is 10.1. The Morgan fingerprint density at radius 2 is 1.79 bits per heavy atom. The van der Waals surface area contributed by atoms with Gasteiger partial charge in [0.05, 0.1) is 24.1 Å². The molecular formula is C30H25N5O2S2. The van der Waals surface area contributed by atoms with Crippen LogP contribution in [0.25, 0.3) is 17.0 Å². The number of rotatable bonds is 7. The van der Waals surface area contributed by atoms with Crippen LogP contribution in [-0.4, -0.2) is 38.2 Å². The van der Waals surface area contributed by atoms with Gasteiger partial charge in [-0.15, -0.1) is 0 Å². The Kier molecular flexibility index (Phi) is 7.08. The van der Waals surface area contributed by atoms with Crippen molar-refractivity contribution < 1.29 is 9.53 Å². The number of ether oxygens (including phenoxy) is 1. The van der Waals surface area contributed by atoms with Gasteiger partial charge in [-0.25, -0.2) is 4.90 Å². The van der Waals surface area contributed by atoms with Crippen LogP contribution in [0, 0.1) is 12.3 Å². The molecule has 9 heteroatoms. The predicted octanol–water partition coefficient (Wildman–Crippen LogP) is 6.54. The molecule has 0 atom stereocenters. The lowest BCUT2D eigenvalue weighted by Gasteiger charge is -2.24. The van der Waals surface area contributed by atoms with Crippen LogP contribution in [-0.2, 0) is 17.1 Å². The Morgan fingerprint density at radius 3 is 2.64 bits per heavy atom. The third-order valence-corrected chi connectivity index (χ3v) is 8.33. The largest absolute Gasteiger partial charge is 0.491 e. The number of aliphatic imine (C=N–C) groups is 1. The second kappa shape index (κ2) is 11.0. The van der Waals surface area contributed by atoms with E-state index in [-0.39, 0.29) is 11.4 Å². The number of hydrogen-bond donors (Lipinski definition) is 1. The van der Waals surface area contributed by atoms with Crippen LogP contribution >= 0.6 is 23.7 Å². The van der Waals surface area contributed by atoms with E-state index in [2.05, 4.69) is 32.2 Å². The first-order valence-electron chi connectivity index (χ1n) is 12.5. The minimum Gasteiger partial charge on any atom is -0.491 e. The quantitative estimate of drug-likeness (QED) is 0.208. The number of aromatic nitrogens is 1. The first kappa shape index (κ1) is 25.2. The second-order valence-electron chi connectivity index (χ2n) is 9.09. The average molecular weight is 552 g/mol. The topological polar surface area (TPSA) is 83.0 Å². The number of nitrogens with zero attached hydrogens (tertiary/aromatic N) is 4. The smallest absolute Gasteiger partial charge is 0.283 e. The Balaban J connectivity index is 1.24. The van der Waals surface area contributed by atoms with E-state index in [4.69, 9.17) is 10.1 Å². The zero-order chi connectivity index (χ0) is 26.8. The molecule has 1 aromatic heterocycles. The number of carbonyl (C=O) groups is 1. The maximum absolute atomic E-state index is 13.0. The number of benzene rings is 3. The summed E-state index contributed by atoms with van der Waals surface area (Å²) in [7, 11) is 0. The number of thioether (sulfide) groups is 1. The van der Waals surface area contributed by atoms with E-state index in [1.165, 1.54) is 11.8 Å². The van der Waals surface area contributed by atoms with Crippen LogP contribution in [0.3, 0.4) is 0 Å². The van der Waals surface area contributed by atoms with Gasteiger partial charge >= 0.3 is 0 Å². The molecular weight excluding hydrogens is 526 g/mol. The number of amidine groups is 3. The normalized spacial score (nSPS) is 16.0. The molecule has 1 amide bonds. The molecule has 0 saturated carbocycles. The summed E-state index contributed by atoms with van der Waals surface area (Å²) >= 11 is 2.66. The Labute approximate surface area is 234 Å². The minimum atomic E-state index is -0.428. The van der Waals surface area contributed by atoms with Gasteiger partial charge in [-0.05, 0) is 36.3 Å². The molecule has 4 aromatic rings. The number of fused-ring (bicyclic) bond motifs is 2. The first-order chi connectivity index (χ1) is 19.1. The van der Waals surface area contributed by atoms with Crippen molar-refractivity contribution in [1.82, 2.24) is 9.47 Å². The Bertz CT molecular complexity index is 1670. The fourth-order valence-corrected chi connectivity index (χ4v) is 6.32. The van der Waals surface area contributed by atoms with Gasteiger partial charge in [-0.1, -0.05) is 78.5 Å². The molecule has 2 aliphatic rings. The first-order valence-corrected chi connectivity index (χ1v) is 14.3. The molecule has 0 radical (unpaired) electrons. The standard InChI is InChI=1S/C30H25N5O2S2/c1-20-9-5-8-14-26(20)37-16-15-34-18-22(23-12-6-7-13-25(23)34)17-24-27(31)35-29(32-28(24)36)39-33-30(35)38-19-21-10-3-2-4-11-21/h2-14,17-18,31H,15-16,19H2,1H3/b24-17-,31-27?. The van der Waals surface area contributed by atoms with Crippen LogP contribution < -0.4 is 4.74 Å². The van der Waals surface area contributed by atoms with Crippen LogP contribution in [0.1, 0.15) is 16.7 Å². The molecule has 3 heterocycles. The summed E-state index contributed by atoms with van der Waals surface area (Å²) in [6.07, 6.45) is 3.78. The van der Waals surface area contributed by atoms with E-state index >= 15 is 0 Å². The van der Waals surface area contributed by atoms with Crippen LogP contribution in [0.5, 0.6) is 5.75 Å². The molecule has 0 unspecified atom stereocenters. The molecule has 7 nitrogen and oxygen atoms in total. The second-order valence-corrected chi connectivity index (χ2v) is 10.8. The summed E-state index contributed by atoms with van der Waals surface area (Å²) in [5.74, 6) is 1.25. The number of aryl methyl sites for hydroxylation is 1. The zero-order valence-corrected chi connectivity index (χ0v) is 22.8. The zero-order valence-electron chi connectivity index (χ0n) is 21.2. The van der Waals surface area contributed by atoms with Gasteiger partial charge in [0, 0.05) is 28.4 Å². The van der Waals surface area contributed by atoms with E-state index in [9.17, 15) is 4.79 Å². The highest BCUT2D eigenvalue weighted by Crippen LogP contribution is 2.34. The van der Waals surface area contributed by atoms with Crippen molar-refractivity contribution in [3.05, 3.63) is 107 Å². The van der Waals surface area contributed by atoms with Crippen LogP contribution in [0.4, 0.5) is 0 Å². The third kappa shape index (κ3) is 5.15. The van der Waals surface area contributed by atoms with Gasteiger partial charge in [0.15, 0.2) is 5.17 Å². The summed E-state index contributed by atoms with van der Waals surface area (Å²) in [4.78, 5) is 18.9. The Hall–Kier alpha value is -4.08. The molecule has 0 aliphatic carbocycles. The molecule has 3 aromatic carbocycles. The molecule has 39 heavy (non-hydrogen) atoms. The SMILES string of the molecule is Cc1ccccc1OCCn1cc(/C=C2/C(=N)N3C(SCc4ccccc4)=NSC3=NC2=O)c2ccccc21. The monoisotopic (exact) mass is 551 g/mol. The number of nitrogens with one attached hydrogen (secondary N) is 1. The summed E-state index contributed by atoms with van der Waals surface area (Å²) in [6, 6.07) is 26.1. The molecule has 2 aliphatic heterocycles. The van der Waals surface area contributed by atoms with Gasteiger partial charge < -0.3 is 9.30 Å². The predicted molar refractivity (Wildman–Crippen MR) is 161 cm³/mol. The average Bonchev–Trinajstić information content (AvgIpc) is 3.52. The van der Waals surface area contributed by atoms with Crippen molar-refractivity contribution in [3.8, 4) is 5.75 Å². The van der Waals surface area contributed by atoms with Gasteiger partial charge in [-0.2, -0.15) is 9.39 Å². The van der Waals surface area contributed by atoms with Crippen molar-refractivity contribution in [2.24, 2.45) is 9.39 Å². The van der Waals surface area contributed by atoms with Gasteiger partial charge in [0.2, 0.25) is 5.17 Å². The molecule has 194 valence electrons. The highest BCUT2D eigenvalue weighted by molar-refractivity contribution is 8.18. The maximum Gasteiger partial charge on any atom is 0.283 e. The summed E-state index contributed by atoms with van der Waals surface area (Å²) in [5.41, 5.74) is 4.40.